The van der Waals surface area contributed by atoms with Crippen LogP contribution in [0.15, 0.2) is 35.1 Å². The first-order chi connectivity index (χ1) is 22.9. The molecule has 4 fully saturated rings. The van der Waals surface area contributed by atoms with Crippen LogP contribution in [0.1, 0.15) is 68.8 Å². The van der Waals surface area contributed by atoms with Crippen LogP contribution in [0, 0.1) is 0 Å². The molecule has 0 radical (unpaired) electrons. The predicted octanol–water partition coefficient (Wildman–Crippen LogP) is 1.85. The van der Waals surface area contributed by atoms with Gasteiger partial charge < -0.3 is 24.6 Å². The summed E-state index contributed by atoms with van der Waals surface area (Å²) in [4.78, 5) is 45.6. The number of rotatable bonds is 11. The Labute approximate surface area is 282 Å². The second-order valence-electron chi connectivity index (χ2n) is 14.2. The summed E-state index contributed by atoms with van der Waals surface area (Å²) >= 11 is 0. The monoisotopic (exact) mass is 686 g/mol. The van der Waals surface area contributed by atoms with Gasteiger partial charge in [0.05, 0.1) is 31.0 Å². The number of piperidine rings is 1. The van der Waals surface area contributed by atoms with E-state index in [1.807, 2.05) is 38.1 Å². The SMILES string of the molecule is COC(=O)N(CCN1CC[C@@H](N2CCCS2(=O)=O)C1)CC(O)CN1[C@H]2CC[C@H]1CC(NC(=O)c1cc3ccccc3n(C(C)C)c1=O)C2. The third-order valence-electron chi connectivity index (χ3n) is 10.7. The Morgan fingerprint density at radius 2 is 1.81 bits per heavy atom. The fraction of sp³-hybridized carbons (Fsp3) is 0.676. The molecule has 4 atom stereocenters. The molecule has 5 heterocycles. The molecule has 48 heavy (non-hydrogen) atoms. The van der Waals surface area contributed by atoms with Gasteiger partial charge in [0.25, 0.3) is 11.5 Å². The molecule has 4 saturated heterocycles. The number of para-hydroxylation sites is 1. The molecule has 264 valence electrons. The van der Waals surface area contributed by atoms with Crippen molar-refractivity contribution < 1.29 is 27.9 Å². The van der Waals surface area contributed by atoms with Crippen molar-refractivity contribution in [3.05, 3.63) is 46.2 Å². The van der Waals surface area contributed by atoms with Gasteiger partial charge in [0.1, 0.15) is 5.56 Å². The molecule has 6 rings (SSSR count). The number of fused-ring (bicyclic) bond motifs is 3. The minimum atomic E-state index is -3.16. The third-order valence-corrected chi connectivity index (χ3v) is 12.7. The van der Waals surface area contributed by atoms with Crippen LogP contribution in [0.3, 0.4) is 0 Å². The highest BCUT2D eigenvalue weighted by Gasteiger charge is 2.42. The first kappa shape index (κ1) is 34.8. The van der Waals surface area contributed by atoms with Gasteiger partial charge in [0.15, 0.2) is 0 Å². The maximum Gasteiger partial charge on any atom is 0.409 e. The van der Waals surface area contributed by atoms with E-state index in [1.54, 1.807) is 14.9 Å². The van der Waals surface area contributed by atoms with E-state index in [1.165, 1.54) is 12.0 Å². The fourth-order valence-electron chi connectivity index (χ4n) is 8.44. The van der Waals surface area contributed by atoms with Gasteiger partial charge >= 0.3 is 6.09 Å². The van der Waals surface area contributed by atoms with E-state index in [4.69, 9.17) is 4.74 Å². The maximum atomic E-state index is 13.5. The van der Waals surface area contributed by atoms with Gasteiger partial charge in [-0.15, -0.1) is 0 Å². The summed E-state index contributed by atoms with van der Waals surface area (Å²) in [5, 5.41) is 15.2. The van der Waals surface area contributed by atoms with Crippen LogP contribution in [0.2, 0.25) is 0 Å². The average molecular weight is 687 g/mol. The Balaban J connectivity index is 1.02. The molecule has 2 N–H and O–H groups in total. The van der Waals surface area contributed by atoms with Crippen molar-refractivity contribution in [1.82, 2.24) is 28.9 Å². The van der Waals surface area contributed by atoms with Gasteiger partial charge in [0.2, 0.25) is 10.0 Å². The highest BCUT2D eigenvalue weighted by atomic mass is 32.2. The van der Waals surface area contributed by atoms with Crippen molar-refractivity contribution in [1.29, 1.82) is 0 Å². The summed E-state index contributed by atoms with van der Waals surface area (Å²) in [7, 11) is -1.83. The lowest BCUT2D eigenvalue weighted by atomic mass is 9.96. The Morgan fingerprint density at radius 3 is 2.48 bits per heavy atom. The van der Waals surface area contributed by atoms with E-state index in [2.05, 4.69) is 15.1 Å². The first-order valence-corrected chi connectivity index (χ1v) is 19.0. The van der Waals surface area contributed by atoms with Crippen LogP contribution in [-0.2, 0) is 14.8 Å². The summed E-state index contributed by atoms with van der Waals surface area (Å²) < 4.78 is 33.1. The lowest BCUT2D eigenvalue weighted by Gasteiger charge is -2.40. The molecule has 0 saturated carbocycles. The molecule has 2 aromatic rings. The van der Waals surface area contributed by atoms with Gasteiger partial charge in [-0.05, 0) is 76.4 Å². The molecular weight excluding hydrogens is 636 g/mol. The zero-order valence-corrected chi connectivity index (χ0v) is 29.1. The molecule has 4 aliphatic rings. The number of aliphatic hydroxyl groups excluding tert-OH is 1. The topological polar surface area (TPSA) is 145 Å². The molecular formula is C34H50N6O7S. The molecule has 2 bridgehead atoms. The van der Waals surface area contributed by atoms with Gasteiger partial charge in [-0.25, -0.2) is 13.2 Å². The normalized spacial score (nSPS) is 26.7. The number of hydrogen-bond acceptors (Lipinski definition) is 9. The molecule has 0 aliphatic carbocycles. The number of methoxy groups -OCH3 is 1. The summed E-state index contributed by atoms with van der Waals surface area (Å²) in [6.07, 6.45) is 3.54. The zero-order valence-electron chi connectivity index (χ0n) is 28.3. The Bertz CT molecular complexity index is 1650. The van der Waals surface area contributed by atoms with Gasteiger partial charge in [0, 0.05) is 62.9 Å². The Kier molecular flexibility index (Phi) is 10.5. The highest BCUT2D eigenvalue weighted by Crippen LogP contribution is 2.36. The van der Waals surface area contributed by atoms with E-state index in [-0.39, 0.29) is 59.5 Å². The minimum Gasteiger partial charge on any atom is -0.453 e. The largest absolute Gasteiger partial charge is 0.453 e. The number of hydrogen-bond donors (Lipinski definition) is 2. The first-order valence-electron chi connectivity index (χ1n) is 17.4. The number of ether oxygens (including phenoxy) is 1. The fourth-order valence-corrected chi connectivity index (χ4v) is 10.2. The molecule has 4 aliphatic heterocycles. The second-order valence-corrected chi connectivity index (χ2v) is 16.2. The second kappa shape index (κ2) is 14.4. The Hall–Kier alpha value is -3.04. The highest BCUT2D eigenvalue weighted by molar-refractivity contribution is 7.89. The number of aromatic nitrogens is 1. The maximum absolute atomic E-state index is 13.5. The minimum absolute atomic E-state index is 0.0239. The van der Waals surface area contributed by atoms with E-state index in [0.29, 0.717) is 39.1 Å². The average Bonchev–Trinajstić information content (AvgIpc) is 3.72. The van der Waals surface area contributed by atoms with Crippen LogP contribution >= 0.6 is 0 Å². The summed E-state index contributed by atoms with van der Waals surface area (Å²) in [5.74, 6) is -0.129. The van der Waals surface area contributed by atoms with Crippen LogP contribution in [0.5, 0.6) is 0 Å². The number of aliphatic hydroxyl groups is 1. The summed E-state index contributed by atoms with van der Waals surface area (Å²) in [6, 6.07) is 9.48. The van der Waals surface area contributed by atoms with Crippen LogP contribution in [0.25, 0.3) is 10.9 Å². The zero-order chi connectivity index (χ0) is 34.2. The van der Waals surface area contributed by atoms with Crippen molar-refractivity contribution in [3.8, 4) is 0 Å². The number of sulfonamides is 1. The van der Waals surface area contributed by atoms with Crippen molar-refractivity contribution in [2.45, 2.75) is 88.7 Å². The van der Waals surface area contributed by atoms with Gasteiger partial charge in [-0.3, -0.25) is 19.4 Å². The van der Waals surface area contributed by atoms with Crippen molar-refractivity contribution >= 4 is 32.9 Å². The molecule has 13 nitrogen and oxygen atoms in total. The van der Waals surface area contributed by atoms with E-state index in [0.717, 1.165) is 49.6 Å². The lowest BCUT2D eigenvalue weighted by Crippen LogP contribution is -2.54. The number of nitrogens with zero attached hydrogens (tertiary/aromatic N) is 5. The molecule has 1 aromatic carbocycles. The van der Waals surface area contributed by atoms with Crippen LogP contribution in [-0.4, -0.2) is 138 Å². The summed E-state index contributed by atoms with van der Waals surface area (Å²) in [6.45, 7) is 7.34. The number of benzene rings is 1. The van der Waals surface area contributed by atoms with Crippen LogP contribution in [0.4, 0.5) is 4.79 Å². The smallest absolute Gasteiger partial charge is 0.409 e. The Morgan fingerprint density at radius 1 is 1.08 bits per heavy atom. The number of likely N-dealkylation sites (tertiary alicyclic amines) is 1. The number of pyridine rings is 1. The van der Waals surface area contributed by atoms with Crippen molar-refractivity contribution in [3.63, 3.8) is 0 Å². The predicted molar refractivity (Wildman–Crippen MR) is 183 cm³/mol. The molecule has 1 aromatic heterocycles. The lowest BCUT2D eigenvalue weighted by molar-refractivity contribution is 0.0301. The molecule has 1 unspecified atom stereocenters. The standard InChI is InChI=1S/C34H50N6O7S/c1-23(2)40-31-8-5-4-7-24(31)17-30(33(40)43)32(42)35-25-18-26-9-10-27(19-25)38(26)22-29(41)21-37(34(44)47-3)15-14-36-13-11-28(20-36)39-12-6-16-48(39,45)46/h4-5,7-8,17,23,25-29,41H,6,9-16,18-22H2,1-3H3,(H,35,42)/t26-,27-,28+,29?/m0/s1. The number of amides is 2. The molecule has 0 spiro atoms. The molecule has 2 amide bonds. The van der Waals surface area contributed by atoms with E-state index >= 15 is 0 Å². The van der Waals surface area contributed by atoms with Crippen molar-refractivity contribution in [2.24, 2.45) is 0 Å². The number of carbonyl (C=O) groups is 2. The van der Waals surface area contributed by atoms with Crippen molar-refractivity contribution in [2.75, 3.05) is 58.7 Å². The van der Waals surface area contributed by atoms with Crippen LogP contribution < -0.4 is 10.9 Å². The van der Waals surface area contributed by atoms with Gasteiger partial charge in [-0.1, -0.05) is 18.2 Å². The quantitative estimate of drug-likeness (QED) is 0.362. The van der Waals surface area contributed by atoms with Gasteiger partial charge in [-0.2, -0.15) is 4.31 Å². The number of carbonyl (C=O) groups excluding carboxylic acids is 2. The number of nitrogens with one attached hydrogen (secondary N) is 1. The summed E-state index contributed by atoms with van der Waals surface area (Å²) in [5.41, 5.74) is 0.676. The van der Waals surface area contributed by atoms with E-state index < -0.39 is 22.2 Å². The third kappa shape index (κ3) is 7.28. The molecule has 14 heteroatoms. The van der Waals surface area contributed by atoms with E-state index in [9.17, 15) is 27.9 Å².